The summed E-state index contributed by atoms with van der Waals surface area (Å²) in [4.78, 5) is 24.3. The third-order valence-electron chi connectivity index (χ3n) is 9.81. The van der Waals surface area contributed by atoms with Crippen LogP contribution in [0.3, 0.4) is 0 Å². The number of nitrogens with one attached hydrogen (secondary N) is 1. The van der Waals surface area contributed by atoms with Crippen LogP contribution in [0, 0.1) is 0 Å². The molecule has 6 nitrogen and oxygen atoms in total. The molecule has 53 heavy (non-hydrogen) atoms. The molecule has 0 aliphatic heterocycles. The second-order valence-corrected chi connectivity index (χ2v) is 15.0. The minimum absolute atomic E-state index is 0.0533. The Morgan fingerprint density at radius 2 is 0.962 bits per heavy atom. The molecule has 0 aromatic heterocycles. The number of carbonyl (C=O) groups excluding carboxylic acids is 2. The van der Waals surface area contributed by atoms with Gasteiger partial charge in [-0.25, -0.2) is 0 Å². The highest BCUT2D eigenvalue weighted by molar-refractivity contribution is 5.76. The normalized spacial score (nSPS) is 13.2. The fraction of sp³-hybridized carbons (Fsp3) is 0.787. The monoisotopic (exact) mass is 744 g/mol. The van der Waals surface area contributed by atoms with Gasteiger partial charge in [-0.1, -0.05) is 165 Å². The van der Waals surface area contributed by atoms with Crippen molar-refractivity contribution in [2.45, 2.75) is 225 Å². The average Bonchev–Trinajstić information content (AvgIpc) is 3.16. The quantitative estimate of drug-likeness (QED) is 0.0330. The lowest BCUT2D eigenvalue weighted by atomic mass is 10.1. The van der Waals surface area contributed by atoms with Crippen molar-refractivity contribution in [3.05, 3.63) is 48.6 Å². The van der Waals surface area contributed by atoms with Crippen molar-refractivity contribution >= 4 is 11.9 Å². The number of hydrogen-bond donors (Lipinski definition) is 3. The Bertz CT molecular complexity index is 911. The summed E-state index contributed by atoms with van der Waals surface area (Å²) in [5.41, 5.74) is 0. The zero-order valence-electron chi connectivity index (χ0n) is 34.7. The van der Waals surface area contributed by atoms with Gasteiger partial charge in [0.25, 0.3) is 0 Å². The number of ether oxygens (including phenoxy) is 1. The molecular weight excluding hydrogens is 659 g/mol. The molecule has 0 saturated heterocycles. The van der Waals surface area contributed by atoms with Crippen molar-refractivity contribution in [2.24, 2.45) is 0 Å². The van der Waals surface area contributed by atoms with Gasteiger partial charge in [-0.15, -0.1) is 0 Å². The number of allylic oxidation sites excluding steroid dienone is 7. The van der Waals surface area contributed by atoms with E-state index >= 15 is 0 Å². The highest BCUT2D eigenvalue weighted by Crippen LogP contribution is 2.12. The molecule has 6 heteroatoms. The predicted molar refractivity (Wildman–Crippen MR) is 227 cm³/mol. The Morgan fingerprint density at radius 1 is 0.528 bits per heavy atom. The minimum atomic E-state index is -0.875. The van der Waals surface area contributed by atoms with Gasteiger partial charge in [0.2, 0.25) is 5.91 Å². The van der Waals surface area contributed by atoms with E-state index in [0.29, 0.717) is 19.4 Å². The summed E-state index contributed by atoms with van der Waals surface area (Å²) in [6, 6.07) is -0.665. The van der Waals surface area contributed by atoms with E-state index in [1.807, 2.05) is 6.08 Å². The molecule has 0 radical (unpaired) electrons. The van der Waals surface area contributed by atoms with Gasteiger partial charge >= 0.3 is 5.97 Å². The van der Waals surface area contributed by atoms with Crippen molar-refractivity contribution in [2.75, 3.05) is 13.2 Å². The molecule has 2 unspecified atom stereocenters. The van der Waals surface area contributed by atoms with E-state index in [1.54, 1.807) is 6.08 Å². The molecule has 3 N–H and O–H groups in total. The van der Waals surface area contributed by atoms with Gasteiger partial charge in [0, 0.05) is 12.8 Å². The molecule has 308 valence electrons. The van der Waals surface area contributed by atoms with Crippen molar-refractivity contribution in [3.8, 4) is 0 Å². The first-order valence-electron chi connectivity index (χ1n) is 22.4. The lowest BCUT2D eigenvalue weighted by molar-refractivity contribution is -0.143. The molecule has 0 fully saturated rings. The fourth-order valence-corrected chi connectivity index (χ4v) is 6.31. The van der Waals surface area contributed by atoms with Crippen LogP contribution in [0.2, 0.25) is 0 Å². The smallest absolute Gasteiger partial charge is 0.305 e. The summed E-state index contributed by atoms with van der Waals surface area (Å²) in [6.45, 7) is 4.75. The highest BCUT2D eigenvalue weighted by atomic mass is 16.5. The van der Waals surface area contributed by atoms with Gasteiger partial charge in [0.1, 0.15) is 0 Å². The van der Waals surface area contributed by atoms with E-state index in [1.165, 1.54) is 103 Å². The van der Waals surface area contributed by atoms with Gasteiger partial charge in [-0.2, -0.15) is 0 Å². The van der Waals surface area contributed by atoms with Crippen LogP contribution in [0.1, 0.15) is 213 Å². The first-order chi connectivity index (χ1) is 26.0. The van der Waals surface area contributed by atoms with Crippen LogP contribution in [0.5, 0.6) is 0 Å². The maximum Gasteiger partial charge on any atom is 0.305 e. The lowest BCUT2D eigenvalue weighted by Crippen LogP contribution is -2.45. The van der Waals surface area contributed by atoms with Crippen LogP contribution in [0.25, 0.3) is 0 Å². The van der Waals surface area contributed by atoms with Crippen LogP contribution in [-0.2, 0) is 14.3 Å². The Kier molecular flexibility index (Phi) is 40.8. The zero-order valence-corrected chi connectivity index (χ0v) is 34.7. The Hall–Kier alpha value is -2.18. The Balaban J connectivity index is 3.61. The number of rotatable bonds is 40. The number of unbranched alkanes of at least 4 members (excludes halogenated alkanes) is 23. The van der Waals surface area contributed by atoms with Crippen LogP contribution in [-0.4, -0.2) is 47.4 Å². The SMILES string of the molecule is CCCCCC/C=C\C/C=C\CCCCCCCC(=O)OCCCCCC/C=C\CCCC(=O)NC(CO)C(O)/C=C/CCCCCCCCCCC. The first kappa shape index (κ1) is 50.8. The Labute approximate surface area is 327 Å². The number of aliphatic hydroxyl groups is 2. The van der Waals surface area contributed by atoms with Gasteiger partial charge in [0.15, 0.2) is 0 Å². The maximum atomic E-state index is 12.3. The second-order valence-electron chi connectivity index (χ2n) is 15.0. The number of amides is 1. The van der Waals surface area contributed by atoms with E-state index in [2.05, 4.69) is 55.6 Å². The molecule has 0 bridgehead atoms. The topological polar surface area (TPSA) is 95.9 Å². The number of esters is 1. The molecular formula is C47H85NO5. The standard InChI is InChI=1S/C47H85NO5/c1-3-5-7-9-11-13-15-16-17-18-19-21-25-29-33-37-41-47(52)53-42-38-34-30-26-22-24-28-32-36-40-46(51)48-44(43-49)45(50)39-35-31-27-23-20-14-12-10-8-6-4-2/h13,15,17-18,24,28,35,39,44-45,49-50H,3-12,14,16,19-23,25-27,29-34,36-38,40-43H2,1-2H3,(H,48,51)/b15-13-,18-17-,28-24-,39-35+. The fourth-order valence-electron chi connectivity index (χ4n) is 6.31. The summed E-state index contributed by atoms with van der Waals surface area (Å²) in [5.74, 6) is -0.187. The molecule has 0 aromatic carbocycles. The van der Waals surface area contributed by atoms with Crippen LogP contribution < -0.4 is 5.32 Å². The van der Waals surface area contributed by atoms with Crippen LogP contribution >= 0.6 is 0 Å². The molecule has 0 heterocycles. The lowest BCUT2D eigenvalue weighted by Gasteiger charge is -2.19. The molecule has 0 rings (SSSR count). The zero-order chi connectivity index (χ0) is 38.7. The molecule has 0 saturated carbocycles. The average molecular weight is 744 g/mol. The maximum absolute atomic E-state index is 12.3. The Morgan fingerprint density at radius 3 is 1.51 bits per heavy atom. The summed E-state index contributed by atoms with van der Waals surface area (Å²) in [7, 11) is 0. The molecule has 2 atom stereocenters. The predicted octanol–water partition coefficient (Wildman–Crippen LogP) is 12.7. The van der Waals surface area contributed by atoms with Gasteiger partial charge in [-0.3, -0.25) is 9.59 Å². The van der Waals surface area contributed by atoms with Crippen molar-refractivity contribution < 1.29 is 24.5 Å². The third kappa shape index (κ3) is 39.3. The minimum Gasteiger partial charge on any atom is -0.466 e. The summed E-state index contributed by atoms with van der Waals surface area (Å²) in [5, 5.41) is 22.9. The first-order valence-corrected chi connectivity index (χ1v) is 22.4. The summed E-state index contributed by atoms with van der Waals surface area (Å²) >= 11 is 0. The molecule has 0 aromatic rings. The number of hydrogen-bond acceptors (Lipinski definition) is 5. The van der Waals surface area contributed by atoms with Gasteiger partial charge < -0.3 is 20.3 Å². The van der Waals surface area contributed by atoms with E-state index in [-0.39, 0.29) is 18.5 Å². The van der Waals surface area contributed by atoms with Crippen LogP contribution in [0.4, 0.5) is 0 Å². The molecule has 0 aliphatic rings. The second kappa shape index (κ2) is 42.6. The summed E-state index contributed by atoms with van der Waals surface area (Å²) < 4.78 is 5.42. The van der Waals surface area contributed by atoms with Gasteiger partial charge in [-0.05, 0) is 83.5 Å². The van der Waals surface area contributed by atoms with E-state index in [0.717, 1.165) is 83.5 Å². The molecule has 0 spiro atoms. The largest absolute Gasteiger partial charge is 0.466 e. The summed E-state index contributed by atoms with van der Waals surface area (Å²) in [6.07, 6.45) is 51.0. The van der Waals surface area contributed by atoms with Crippen molar-refractivity contribution in [1.29, 1.82) is 0 Å². The number of aliphatic hydroxyl groups excluding tert-OH is 2. The van der Waals surface area contributed by atoms with E-state index in [4.69, 9.17) is 4.74 Å². The molecule has 0 aliphatic carbocycles. The number of carbonyl (C=O) groups is 2. The third-order valence-corrected chi connectivity index (χ3v) is 9.81. The van der Waals surface area contributed by atoms with E-state index < -0.39 is 12.1 Å². The van der Waals surface area contributed by atoms with E-state index in [9.17, 15) is 19.8 Å². The van der Waals surface area contributed by atoms with Crippen LogP contribution in [0.15, 0.2) is 48.6 Å². The van der Waals surface area contributed by atoms with Gasteiger partial charge in [0.05, 0.1) is 25.4 Å². The highest BCUT2D eigenvalue weighted by Gasteiger charge is 2.17. The molecule has 1 amide bonds. The van der Waals surface area contributed by atoms with Crippen molar-refractivity contribution in [3.63, 3.8) is 0 Å². The van der Waals surface area contributed by atoms with Crippen molar-refractivity contribution in [1.82, 2.24) is 5.32 Å².